The van der Waals surface area contributed by atoms with Gasteiger partial charge in [-0.25, -0.2) is 0 Å². The number of Topliss-reactive ketones (excluding diaryl/α,β-unsaturated/α-hetero) is 2. The number of benzene rings is 3. The Kier molecular flexibility index (Phi) is 7.11. The van der Waals surface area contributed by atoms with E-state index in [0.717, 1.165) is 11.3 Å². The van der Waals surface area contributed by atoms with Gasteiger partial charge in [-0.2, -0.15) is 0 Å². The lowest BCUT2D eigenvalue weighted by atomic mass is 9.99. The molecule has 156 valence electrons. The number of rotatable bonds is 6. The minimum absolute atomic E-state index is 0.216. The third kappa shape index (κ3) is 5.33. The summed E-state index contributed by atoms with van der Waals surface area (Å²) in [5.41, 5.74) is 1.87. The van der Waals surface area contributed by atoms with Gasteiger partial charge in [-0.3, -0.25) is 9.59 Å². The Balaban J connectivity index is 1.88. The largest absolute Gasteiger partial charge is 0.497 e. The predicted molar refractivity (Wildman–Crippen MR) is 121 cm³/mol. The van der Waals surface area contributed by atoms with Crippen molar-refractivity contribution in [3.05, 3.63) is 87.4 Å². The molecule has 0 radical (unpaired) electrons. The van der Waals surface area contributed by atoms with Gasteiger partial charge in [0.2, 0.25) is 11.6 Å². The monoisotopic (exact) mass is 478 g/mol. The number of methoxy groups -OCH3 is 3. The van der Waals surface area contributed by atoms with Crippen LogP contribution in [0, 0.1) is 11.8 Å². The molecule has 0 saturated heterocycles. The van der Waals surface area contributed by atoms with E-state index in [1.165, 1.54) is 26.4 Å². The number of hydrogen-bond donors (Lipinski definition) is 0. The first kappa shape index (κ1) is 22.1. The van der Waals surface area contributed by atoms with Crippen molar-refractivity contribution in [1.29, 1.82) is 0 Å². The molecule has 3 aromatic carbocycles. The molecule has 6 heteroatoms. The smallest absolute Gasteiger partial charge is 0.233 e. The summed E-state index contributed by atoms with van der Waals surface area (Å²) in [6, 6.07) is 16.9. The van der Waals surface area contributed by atoms with E-state index in [0.29, 0.717) is 21.5 Å². The van der Waals surface area contributed by atoms with E-state index in [9.17, 15) is 9.59 Å². The summed E-state index contributed by atoms with van der Waals surface area (Å²) in [7, 11) is 4.57. The second kappa shape index (κ2) is 9.96. The van der Waals surface area contributed by atoms with Gasteiger partial charge in [-0.05, 0) is 60.7 Å². The molecule has 0 aliphatic rings. The minimum Gasteiger partial charge on any atom is -0.497 e. The highest BCUT2D eigenvalue weighted by atomic mass is 79.9. The summed E-state index contributed by atoms with van der Waals surface area (Å²) in [5.74, 6) is 6.38. The molecule has 3 aromatic rings. The number of halogens is 1. The van der Waals surface area contributed by atoms with Gasteiger partial charge in [-0.1, -0.05) is 27.8 Å². The maximum Gasteiger partial charge on any atom is 0.233 e. The summed E-state index contributed by atoms with van der Waals surface area (Å²) in [6.07, 6.45) is 0. The Labute approximate surface area is 189 Å². The first-order valence-corrected chi connectivity index (χ1v) is 10.0. The average Bonchev–Trinajstić information content (AvgIpc) is 2.81. The van der Waals surface area contributed by atoms with Gasteiger partial charge < -0.3 is 14.2 Å². The molecule has 0 bridgehead atoms. The van der Waals surface area contributed by atoms with E-state index in [2.05, 4.69) is 27.8 Å². The number of ether oxygens (including phenoxy) is 3. The Morgan fingerprint density at radius 2 is 1.32 bits per heavy atom. The molecule has 0 heterocycles. The fraction of sp³-hybridized carbons (Fsp3) is 0.120. The second-order valence-electron chi connectivity index (χ2n) is 6.44. The van der Waals surface area contributed by atoms with E-state index >= 15 is 0 Å². The summed E-state index contributed by atoms with van der Waals surface area (Å²) >= 11 is 3.39. The standard InChI is InChI=1S/C25H19BrO5/c1-29-21-9-6-16(7-10-21)4-5-17-12-19(14-20(26)13-17)25(28)24(27)18-8-11-22(30-2)23(15-18)31-3/h6-15H,1-3H3. The number of carbonyl (C=O) groups is 2. The molecule has 0 amide bonds. The van der Waals surface area contributed by atoms with E-state index < -0.39 is 11.6 Å². The Bertz CT molecular complexity index is 1190. The topological polar surface area (TPSA) is 61.8 Å². The van der Waals surface area contributed by atoms with Crippen molar-refractivity contribution < 1.29 is 23.8 Å². The molecule has 0 unspecified atom stereocenters. The van der Waals surface area contributed by atoms with Crippen LogP contribution in [0.15, 0.2) is 65.1 Å². The molecular formula is C25H19BrO5. The highest BCUT2D eigenvalue weighted by Gasteiger charge is 2.21. The van der Waals surface area contributed by atoms with Crippen LogP contribution in [0.5, 0.6) is 17.2 Å². The van der Waals surface area contributed by atoms with Gasteiger partial charge in [-0.15, -0.1) is 0 Å². The van der Waals surface area contributed by atoms with Crippen molar-refractivity contribution in [2.24, 2.45) is 0 Å². The van der Waals surface area contributed by atoms with Crippen LogP contribution >= 0.6 is 15.9 Å². The van der Waals surface area contributed by atoms with Crippen LogP contribution in [0.25, 0.3) is 0 Å². The third-order valence-electron chi connectivity index (χ3n) is 4.45. The Morgan fingerprint density at radius 3 is 1.97 bits per heavy atom. The molecule has 0 aliphatic heterocycles. The van der Waals surface area contributed by atoms with Gasteiger partial charge in [0.05, 0.1) is 21.3 Å². The highest BCUT2D eigenvalue weighted by molar-refractivity contribution is 9.10. The SMILES string of the molecule is COc1ccc(C#Cc2cc(Br)cc(C(=O)C(=O)c3ccc(OC)c(OC)c3)c2)cc1. The zero-order chi connectivity index (χ0) is 22.4. The zero-order valence-electron chi connectivity index (χ0n) is 17.2. The lowest BCUT2D eigenvalue weighted by Crippen LogP contribution is -2.15. The van der Waals surface area contributed by atoms with E-state index in [4.69, 9.17) is 14.2 Å². The first-order valence-electron chi connectivity index (χ1n) is 9.23. The van der Waals surface area contributed by atoms with Crippen molar-refractivity contribution in [3.8, 4) is 29.1 Å². The van der Waals surface area contributed by atoms with Gasteiger partial charge in [0, 0.05) is 26.7 Å². The lowest BCUT2D eigenvalue weighted by molar-refractivity contribution is 0.0816. The molecule has 31 heavy (non-hydrogen) atoms. The molecule has 0 aliphatic carbocycles. The van der Waals surface area contributed by atoms with Crippen molar-refractivity contribution in [1.82, 2.24) is 0 Å². The minimum atomic E-state index is -0.645. The van der Waals surface area contributed by atoms with E-state index in [1.807, 2.05) is 24.3 Å². The van der Waals surface area contributed by atoms with Crippen LogP contribution in [0.1, 0.15) is 31.8 Å². The third-order valence-corrected chi connectivity index (χ3v) is 4.91. The van der Waals surface area contributed by atoms with Gasteiger partial charge in [0.25, 0.3) is 0 Å². The van der Waals surface area contributed by atoms with Crippen LogP contribution in [-0.2, 0) is 0 Å². The molecule has 0 N–H and O–H groups in total. The molecule has 3 rings (SSSR count). The van der Waals surface area contributed by atoms with Crippen molar-refractivity contribution in [2.75, 3.05) is 21.3 Å². The van der Waals surface area contributed by atoms with Crippen LogP contribution in [0.3, 0.4) is 0 Å². The van der Waals surface area contributed by atoms with Crippen molar-refractivity contribution >= 4 is 27.5 Å². The molecule has 0 spiro atoms. The summed E-state index contributed by atoms with van der Waals surface area (Å²) in [4.78, 5) is 25.6. The van der Waals surface area contributed by atoms with E-state index in [-0.39, 0.29) is 11.1 Å². The number of ketones is 2. The van der Waals surface area contributed by atoms with Crippen LogP contribution in [-0.4, -0.2) is 32.9 Å². The maximum absolute atomic E-state index is 12.8. The molecule has 0 atom stereocenters. The zero-order valence-corrected chi connectivity index (χ0v) is 18.8. The molecule has 0 saturated carbocycles. The maximum atomic E-state index is 12.8. The first-order chi connectivity index (χ1) is 14.9. The fourth-order valence-corrected chi connectivity index (χ4v) is 3.34. The van der Waals surface area contributed by atoms with E-state index in [1.54, 1.807) is 31.4 Å². The summed E-state index contributed by atoms with van der Waals surface area (Å²) in [6.45, 7) is 0. The van der Waals surface area contributed by atoms with Crippen LogP contribution in [0.4, 0.5) is 0 Å². The van der Waals surface area contributed by atoms with Gasteiger partial charge >= 0.3 is 0 Å². The van der Waals surface area contributed by atoms with Crippen LogP contribution in [0.2, 0.25) is 0 Å². The molecule has 0 aromatic heterocycles. The number of carbonyl (C=O) groups excluding carboxylic acids is 2. The normalized spacial score (nSPS) is 9.94. The van der Waals surface area contributed by atoms with Crippen molar-refractivity contribution in [2.45, 2.75) is 0 Å². The number of hydrogen-bond acceptors (Lipinski definition) is 5. The molecule has 0 fully saturated rings. The molecular weight excluding hydrogens is 460 g/mol. The average molecular weight is 479 g/mol. The van der Waals surface area contributed by atoms with Crippen molar-refractivity contribution in [3.63, 3.8) is 0 Å². The Hall–Kier alpha value is -3.56. The van der Waals surface area contributed by atoms with Gasteiger partial charge in [0.1, 0.15) is 5.75 Å². The Morgan fingerprint density at radius 1 is 0.677 bits per heavy atom. The lowest BCUT2D eigenvalue weighted by Gasteiger charge is -2.09. The summed E-state index contributed by atoms with van der Waals surface area (Å²) in [5, 5.41) is 0. The second-order valence-corrected chi connectivity index (χ2v) is 7.35. The fourth-order valence-electron chi connectivity index (χ4n) is 2.85. The quantitative estimate of drug-likeness (QED) is 0.285. The summed E-state index contributed by atoms with van der Waals surface area (Å²) < 4.78 is 16.2. The van der Waals surface area contributed by atoms with Gasteiger partial charge in [0.15, 0.2) is 11.5 Å². The predicted octanol–water partition coefficient (Wildman–Crippen LogP) is 4.94. The molecule has 5 nitrogen and oxygen atoms in total. The highest BCUT2D eigenvalue weighted by Crippen LogP contribution is 2.28. The van der Waals surface area contributed by atoms with Crippen LogP contribution < -0.4 is 14.2 Å².